The van der Waals surface area contributed by atoms with Crippen molar-refractivity contribution in [2.24, 2.45) is 0 Å². The van der Waals surface area contributed by atoms with E-state index >= 15 is 0 Å². The van der Waals surface area contributed by atoms with Gasteiger partial charge in [0.2, 0.25) is 0 Å². The second-order valence-electron chi connectivity index (χ2n) is 17.9. The second kappa shape index (κ2) is 14.2. The summed E-state index contributed by atoms with van der Waals surface area (Å²) in [7, 11) is 0. The van der Waals surface area contributed by atoms with E-state index in [9.17, 15) is 0 Å². The second-order valence-corrected chi connectivity index (χ2v) is 17.9. The Morgan fingerprint density at radius 3 is 1.68 bits per heavy atom. The highest BCUT2D eigenvalue weighted by atomic mass is 15.1. The van der Waals surface area contributed by atoms with Gasteiger partial charge in [-0.15, -0.1) is 0 Å². The standard InChI is InChI=1S/C65H41N/c1-3-16-42(17-4-1)48-34-37-53-55-38-39-61(66(49-35-32-43-18-7-8-22-47(43)40-49)64-50-25-10-9-21-45(50)33-36-51(64)44-19-5-2-6-20-44)56-28-15-31-59(63(55)56)65(60(53)41-48)57-29-12-11-26-52(57)54-27-13-23-46-24-14-30-58(65)62(46)54/h1-41H. The molecule has 66 heavy (non-hydrogen) atoms. The van der Waals surface area contributed by atoms with Crippen molar-refractivity contribution in [1.82, 2.24) is 0 Å². The van der Waals surface area contributed by atoms with Gasteiger partial charge in [0.1, 0.15) is 0 Å². The fraction of sp³-hybridized carbons (Fsp3) is 0.0154. The first kappa shape index (κ1) is 36.9. The van der Waals surface area contributed by atoms with Crippen molar-refractivity contribution < 1.29 is 0 Å². The maximum absolute atomic E-state index is 2.56. The summed E-state index contributed by atoms with van der Waals surface area (Å²) in [5.41, 5.74) is 18.0. The third-order valence-electron chi connectivity index (χ3n) is 14.6. The van der Waals surface area contributed by atoms with Crippen molar-refractivity contribution in [2.45, 2.75) is 5.41 Å². The summed E-state index contributed by atoms with van der Waals surface area (Å²) in [6.45, 7) is 0. The fourth-order valence-corrected chi connectivity index (χ4v) is 11.9. The zero-order valence-corrected chi connectivity index (χ0v) is 36.1. The monoisotopic (exact) mass is 835 g/mol. The Morgan fingerprint density at radius 1 is 0.273 bits per heavy atom. The Morgan fingerprint density at radius 2 is 0.833 bits per heavy atom. The van der Waals surface area contributed by atoms with Crippen LogP contribution in [0.2, 0.25) is 0 Å². The van der Waals surface area contributed by atoms with Gasteiger partial charge in [0.15, 0.2) is 0 Å². The molecule has 1 spiro atoms. The van der Waals surface area contributed by atoms with E-state index in [0.29, 0.717) is 0 Å². The molecule has 1 heteroatoms. The van der Waals surface area contributed by atoms with Gasteiger partial charge in [-0.05, 0) is 118 Å². The zero-order valence-electron chi connectivity index (χ0n) is 36.1. The lowest BCUT2D eigenvalue weighted by Gasteiger charge is -2.46. The minimum absolute atomic E-state index is 0.627. The van der Waals surface area contributed by atoms with Crippen molar-refractivity contribution >= 4 is 60.2 Å². The van der Waals surface area contributed by atoms with Crippen molar-refractivity contribution in [3.05, 3.63) is 271 Å². The van der Waals surface area contributed by atoms with Crippen LogP contribution in [0.5, 0.6) is 0 Å². The first-order chi connectivity index (χ1) is 32.8. The fourth-order valence-electron chi connectivity index (χ4n) is 11.9. The molecule has 1 atom stereocenters. The topological polar surface area (TPSA) is 3.24 Å². The van der Waals surface area contributed by atoms with E-state index in [0.717, 1.165) is 17.1 Å². The Bertz CT molecular complexity index is 3940. The average Bonchev–Trinajstić information content (AvgIpc) is 3.39. The molecule has 0 bridgehead atoms. The molecule has 0 fully saturated rings. The molecular formula is C65H41N. The first-order valence-electron chi connectivity index (χ1n) is 23.0. The van der Waals surface area contributed by atoms with Crippen LogP contribution < -0.4 is 4.90 Å². The Labute approximate surface area is 384 Å². The van der Waals surface area contributed by atoms with Crippen LogP contribution >= 0.6 is 0 Å². The van der Waals surface area contributed by atoms with Gasteiger partial charge in [-0.3, -0.25) is 0 Å². The van der Waals surface area contributed by atoms with E-state index in [1.807, 2.05) is 0 Å². The molecule has 12 aromatic rings. The number of hydrogen-bond donors (Lipinski definition) is 0. The molecule has 0 heterocycles. The number of fused-ring (bicyclic) bond motifs is 10. The Kier molecular flexibility index (Phi) is 7.97. The maximum atomic E-state index is 2.56. The molecule has 0 N–H and O–H groups in total. The molecule has 0 radical (unpaired) electrons. The van der Waals surface area contributed by atoms with Crippen LogP contribution in [-0.4, -0.2) is 0 Å². The van der Waals surface area contributed by atoms with Crippen LogP contribution in [0.3, 0.4) is 0 Å². The number of benzene rings is 12. The minimum atomic E-state index is -0.627. The van der Waals surface area contributed by atoms with Gasteiger partial charge in [-0.2, -0.15) is 0 Å². The lowest BCUT2D eigenvalue weighted by atomic mass is 9.55. The molecule has 0 amide bonds. The van der Waals surface area contributed by atoms with Crippen LogP contribution in [-0.2, 0) is 5.41 Å². The van der Waals surface area contributed by atoms with Crippen molar-refractivity contribution in [1.29, 1.82) is 0 Å². The van der Waals surface area contributed by atoms with E-state index in [4.69, 9.17) is 0 Å². The Balaban J connectivity index is 1.15. The molecule has 0 saturated carbocycles. The Hall–Kier alpha value is -8.52. The molecule has 306 valence electrons. The van der Waals surface area contributed by atoms with Crippen molar-refractivity contribution in [3.63, 3.8) is 0 Å². The quantitative estimate of drug-likeness (QED) is 0.167. The summed E-state index contributed by atoms with van der Waals surface area (Å²) >= 11 is 0. The van der Waals surface area contributed by atoms with E-state index in [-0.39, 0.29) is 0 Å². The van der Waals surface area contributed by atoms with Gasteiger partial charge in [0.05, 0.1) is 16.8 Å². The van der Waals surface area contributed by atoms with Gasteiger partial charge in [0, 0.05) is 22.0 Å². The predicted octanol–water partition coefficient (Wildman–Crippen LogP) is 17.4. The molecule has 0 saturated heterocycles. The first-order valence-corrected chi connectivity index (χ1v) is 23.0. The van der Waals surface area contributed by atoms with Crippen LogP contribution in [0.4, 0.5) is 17.1 Å². The van der Waals surface area contributed by atoms with Gasteiger partial charge in [-0.1, -0.05) is 224 Å². The number of anilines is 3. The van der Waals surface area contributed by atoms with E-state index in [1.54, 1.807) is 0 Å². The summed E-state index contributed by atoms with van der Waals surface area (Å²) in [6.07, 6.45) is 0. The zero-order chi connectivity index (χ0) is 43.3. The maximum Gasteiger partial charge on any atom is 0.0726 e. The number of hydrogen-bond acceptors (Lipinski definition) is 1. The van der Waals surface area contributed by atoms with Gasteiger partial charge >= 0.3 is 0 Å². The van der Waals surface area contributed by atoms with Gasteiger partial charge in [-0.25, -0.2) is 0 Å². The minimum Gasteiger partial charge on any atom is -0.309 e. The third kappa shape index (κ3) is 5.17. The van der Waals surface area contributed by atoms with Gasteiger partial charge < -0.3 is 4.90 Å². The molecule has 1 nitrogen and oxygen atoms in total. The lowest BCUT2D eigenvalue weighted by Crippen LogP contribution is -2.36. The van der Waals surface area contributed by atoms with Crippen LogP contribution in [0.1, 0.15) is 22.3 Å². The summed E-state index contributed by atoms with van der Waals surface area (Å²) in [5.74, 6) is 0. The molecular weight excluding hydrogens is 795 g/mol. The lowest BCUT2D eigenvalue weighted by molar-refractivity contribution is 0.755. The average molecular weight is 836 g/mol. The SMILES string of the molecule is c1ccc(-c2ccc3c(c2)C2(c4ccccc4-c4cccc5cccc2c45)c2cccc4c(N(c5ccc6ccccc6c5)c5c(-c6ccccc6)ccc6ccccc56)ccc-3c24)cc1. The normalized spacial score (nSPS) is 14.4. The van der Waals surface area contributed by atoms with Crippen molar-refractivity contribution in [3.8, 4) is 44.5 Å². The largest absolute Gasteiger partial charge is 0.309 e. The highest BCUT2D eigenvalue weighted by Crippen LogP contribution is 2.62. The van der Waals surface area contributed by atoms with E-state index < -0.39 is 5.41 Å². The van der Waals surface area contributed by atoms with Gasteiger partial charge in [0.25, 0.3) is 0 Å². The summed E-state index contributed by atoms with van der Waals surface area (Å²) < 4.78 is 0. The molecule has 1 unspecified atom stereocenters. The van der Waals surface area contributed by atoms with Crippen LogP contribution in [0.15, 0.2) is 249 Å². The molecule has 2 aliphatic carbocycles. The summed E-state index contributed by atoms with van der Waals surface area (Å²) in [4.78, 5) is 2.56. The molecule has 0 aromatic heterocycles. The van der Waals surface area contributed by atoms with E-state index in [1.165, 1.54) is 110 Å². The molecule has 0 aliphatic heterocycles. The van der Waals surface area contributed by atoms with Crippen LogP contribution in [0.25, 0.3) is 87.6 Å². The number of nitrogens with zero attached hydrogens (tertiary/aromatic N) is 1. The molecule has 14 rings (SSSR count). The summed E-state index contributed by atoms with van der Waals surface area (Å²) in [6, 6.07) is 93.1. The highest BCUT2D eigenvalue weighted by Gasteiger charge is 2.49. The van der Waals surface area contributed by atoms with Crippen molar-refractivity contribution in [2.75, 3.05) is 4.90 Å². The predicted molar refractivity (Wildman–Crippen MR) is 278 cm³/mol. The molecule has 12 aromatic carbocycles. The smallest absolute Gasteiger partial charge is 0.0726 e. The van der Waals surface area contributed by atoms with Crippen LogP contribution in [0, 0.1) is 0 Å². The number of rotatable bonds is 5. The molecule has 2 aliphatic rings. The highest BCUT2D eigenvalue weighted by molar-refractivity contribution is 6.16. The van der Waals surface area contributed by atoms with E-state index in [2.05, 4.69) is 254 Å². The summed E-state index contributed by atoms with van der Waals surface area (Å²) in [5, 5.41) is 9.92. The third-order valence-corrected chi connectivity index (χ3v) is 14.6.